The van der Waals surface area contributed by atoms with Gasteiger partial charge in [0.2, 0.25) is 0 Å². The summed E-state index contributed by atoms with van der Waals surface area (Å²) in [6.07, 6.45) is 87.7. The van der Waals surface area contributed by atoms with Crippen molar-refractivity contribution in [1.29, 1.82) is 0 Å². The highest BCUT2D eigenvalue weighted by molar-refractivity contribution is 5.71. The van der Waals surface area contributed by atoms with Crippen molar-refractivity contribution in [2.75, 3.05) is 13.2 Å². The van der Waals surface area contributed by atoms with Gasteiger partial charge in [-0.1, -0.05) is 277 Å². The lowest BCUT2D eigenvalue weighted by Gasteiger charge is -2.18. The minimum Gasteiger partial charge on any atom is -0.462 e. The summed E-state index contributed by atoms with van der Waals surface area (Å²) in [5, 5.41) is 0. The van der Waals surface area contributed by atoms with E-state index < -0.39 is 6.10 Å². The van der Waals surface area contributed by atoms with Gasteiger partial charge < -0.3 is 14.2 Å². The maximum absolute atomic E-state index is 12.9. The van der Waals surface area contributed by atoms with E-state index in [1.807, 2.05) is 0 Å². The van der Waals surface area contributed by atoms with E-state index in [1.54, 1.807) is 0 Å². The van der Waals surface area contributed by atoms with E-state index >= 15 is 0 Å². The molecule has 0 aliphatic heterocycles. The monoisotopic (exact) mass is 1050 g/mol. The lowest BCUT2D eigenvalue weighted by molar-refractivity contribution is -0.167. The summed E-state index contributed by atoms with van der Waals surface area (Å²) in [5.74, 6) is -0.923. The van der Waals surface area contributed by atoms with E-state index in [0.29, 0.717) is 12.8 Å². The molecule has 432 valence electrons. The molecule has 0 aliphatic rings. The summed E-state index contributed by atoms with van der Waals surface area (Å²) in [6, 6.07) is 0. The fourth-order valence-corrected chi connectivity index (χ4v) is 8.56. The van der Waals surface area contributed by atoms with Gasteiger partial charge in [-0.3, -0.25) is 14.4 Å². The Morgan fingerprint density at radius 3 is 0.816 bits per heavy atom. The number of carbonyl (C=O) groups excluding carboxylic acids is 3. The van der Waals surface area contributed by atoms with Gasteiger partial charge >= 0.3 is 17.9 Å². The second-order valence-electron chi connectivity index (χ2n) is 20.6. The van der Waals surface area contributed by atoms with Crippen molar-refractivity contribution in [3.8, 4) is 0 Å². The van der Waals surface area contributed by atoms with Gasteiger partial charge in [0, 0.05) is 19.3 Å². The molecule has 0 saturated heterocycles. The van der Waals surface area contributed by atoms with E-state index in [-0.39, 0.29) is 37.5 Å². The Kier molecular flexibility index (Phi) is 59.9. The summed E-state index contributed by atoms with van der Waals surface area (Å²) in [4.78, 5) is 38.3. The highest BCUT2D eigenvalue weighted by Gasteiger charge is 2.19. The standard InChI is InChI=1S/C70H116O6/c1-4-7-10-13-16-19-22-25-27-29-31-32-33-34-35-36-37-38-40-41-43-45-48-51-54-57-60-63-69(72)75-66-67(65-74-68(71)62-59-56-53-50-47-24-21-18-15-12-9-6-3)76-70(73)64-61-58-55-52-49-46-44-42-39-30-28-26-23-20-17-14-11-8-5-2/h7-8,10-11,16-17,19-20,25-28,31-32,34-35,39,42,46,49,67H,4-6,9,12-15,18,21-24,29-30,33,36-38,40-41,43-45,47-48,50-66H2,1-3H3/b10-7-,11-8-,19-16-,20-17-,27-25-,28-26-,32-31-,35-34-,42-39-,49-46-. The number of rotatable bonds is 56. The number of allylic oxidation sites excluding steroid dienone is 20. The molecule has 76 heavy (non-hydrogen) atoms. The molecule has 0 spiro atoms. The second-order valence-corrected chi connectivity index (χ2v) is 20.6. The highest BCUT2D eigenvalue weighted by Crippen LogP contribution is 2.16. The van der Waals surface area contributed by atoms with E-state index in [2.05, 4.69) is 142 Å². The van der Waals surface area contributed by atoms with Crippen molar-refractivity contribution in [2.24, 2.45) is 0 Å². The summed E-state index contributed by atoms with van der Waals surface area (Å²) < 4.78 is 16.9. The Bertz CT molecular complexity index is 1590. The van der Waals surface area contributed by atoms with Gasteiger partial charge in [-0.2, -0.15) is 0 Å². The van der Waals surface area contributed by atoms with E-state index in [4.69, 9.17) is 14.2 Å². The van der Waals surface area contributed by atoms with Crippen LogP contribution in [-0.2, 0) is 28.6 Å². The second kappa shape index (κ2) is 63.3. The molecule has 0 aromatic carbocycles. The summed E-state index contributed by atoms with van der Waals surface area (Å²) in [5.41, 5.74) is 0. The molecule has 0 bridgehead atoms. The van der Waals surface area contributed by atoms with Crippen LogP contribution in [0.2, 0.25) is 0 Å². The molecular weight excluding hydrogens is 937 g/mol. The number of unbranched alkanes of at least 4 members (excludes halogenated alkanes) is 25. The molecule has 0 aromatic rings. The summed E-state index contributed by atoms with van der Waals surface area (Å²) in [7, 11) is 0. The Morgan fingerprint density at radius 2 is 0.513 bits per heavy atom. The molecule has 0 aliphatic carbocycles. The van der Waals surface area contributed by atoms with Crippen LogP contribution in [0.25, 0.3) is 0 Å². The van der Waals surface area contributed by atoms with Crippen LogP contribution in [-0.4, -0.2) is 37.2 Å². The number of hydrogen-bond donors (Lipinski definition) is 0. The number of ether oxygens (including phenoxy) is 3. The summed E-state index contributed by atoms with van der Waals surface area (Å²) >= 11 is 0. The van der Waals surface area contributed by atoms with Gasteiger partial charge in [0.25, 0.3) is 0 Å². The van der Waals surface area contributed by atoms with Crippen LogP contribution >= 0.6 is 0 Å². The molecule has 6 heteroatoms. The maximum atomic E-state index is 12.9. The van der Waals surface area contributed by atoms with E-state index in [1.165, 1.54) is 116 Å². The maximum Gasteiger partial charge on any atom is 0.306 e. The third-order valence-electron chi connectivity index (χ3n) is 13.2. The SMILES string of the molecule is CC/C=C\C/C=C\C/C=C\C/C=C\C/C=C\CCCCCCCCCCCCCC(=O)OCC(COC(=O)CCCCCCCCCCCCCC)OC(=O)CCCCC/C=C\C/C=C\C/C=C\C/C=C\C/C=C\CC. The van der Waals surface area contributed by atoms with Gasteiger partial charge in [0.05, 0.1) is 0 Å². The minimum atomic E-state index is -0.799. The Labute approximate surface area is 469 Å². The van der Waals surface area contributed by atoms with Gasteiger partial charge in [0.15, 0.2) is 6.10 Å². The van der Waals surface area contributed by atoms with Crippen molar-refractivity contribution >= 4 is 17.9 Å². The van der Waals surface area contributed by atoms with Crippen LogP contribution in [0, 0.1) is 0 Å². The Balaban J connectivity index is 4.35. The Hall–Kier alpha value is -4.19. The average molecular weight is 1050 g/mol. The van der Waals surface area contributed by atoms with Crippen molar-refractivity contribution in [2.45, 2.75) is 290 Å². The predicted octanol–water partition coefficient (Wildman–Crippen LogP) is 21.6. The molecule has 0 saturated carbocycles. The molecular formula is C70H116O6. The molecule has 0 fully saturated rings. The first-order valence-corrected chi connectivity index (χ1v) is 31.5. The van der Waals surface area contributed by atoms with Crippen molar-refractivity contribution in [1.82, 2.24) is 0 Å². The molecule has 0 amide bonds. The Morgan fingerprint density at radius 1 is 0.276 bits per heavy atom. The van der Waals surface area contributed by atoms with Crippen LogP contribution in [0.4, 0.5) is 0 Å². The minimum absolute atomic E-state index is 0.0920. The van der Waals surface area contributed by atoms with Crippen molar-refractivity contribution in [3.05, 3.63) is 122 Å². The van der Waals surface area contributed by atoms with Crippen LogP contribution < -0.4 is 0 Å². The van der Waals surface area contributed by atoms with Gasteiger partial charge in [-0.05, 0) is 109 Å². The van der Waals surface area contributed by atoms with Crippen LogP contribution in [0.1, 0.15) is 284 Å². The smallest absolute Gasteiger partial charge is 0.306 e. The predicted molar refractivity (Wildman–Crippen MR) is 330 cm³/mol. The average Bonchev–Trinajstić information content (AvgIpc) is 3.42. The first-order chi connectivity index (χ1) is 37.5. The quantitative estimate of drug-likeness (QED) is 0.0261. The van der Waals surface area contributed by atoms with Crippen molar-refractivity contribution in [3.63, 3.8) is 0 Å². The van der Waals surface area contributed by atoms with E-state index in [0.717, 1.165) is 128 Å². The first-order valence-electron chi connectivity index (χ1n) is 31.5. The van der Waals surface area contributed by atoms with Gasteiger partial charge in [-0.25, -0.2) is 0 Å². The highest BCUT2D eigenvalue weighted by atomic mass is 16.6. The fourth-order valence-electron chi connectivity index (χ4n) is 8.56. The number of hydrogen-bond acceptors (Lipinski definition) is 6. The lowest BCUT2D eigenvalue weighted by Crippen LogP contribution is -2.30. The zero-order valence-corrected chi connectivity index (χ0v) is 49.5. The molecule has 0 heterocycles. The largest absolute Gasteiger partial charge is 0.462 e. The summed E-state index contributed by atoms with van der Waals surface area (Å²) in [6.45, 7) is 6.39. The first kappa shape index (κ1) is 71.8. The molecule has 1 atom stereocenters. The lowest BCUT2D eigenvalue weighted by atomic mass is 10.0. The topological polar surface area (TPSA) is 78.9 Å². The van der Waals surface area contributed by atoms with Gasteiger partial charge in [0.1, 0.15) is 13.2 Å². The third-order valence-corrected chi connectivity index (χ3v) is 13.2. The fraction of sp³-hybridized carbons (Fsp3) is 0.671. The van der Waals surface area contributed by atoms with Crippen LogP contribution in [0.15, 0.2) is 122 Å². The van der Waals surface area contributed by atoms with Crippen LogP contribution in [0.5, 0.6) is 0 Å². The third kappa shape index (κ3) is 60.7. The van der Waals surface area contributed by atoms with Crippen molar-refractivity contribution < 1.29 is 28.6 Å². The molecule has 0 rings (SSSR count). The number of carbonyl (C=O) groups is 3. The van der Waals surface area contributed by atoms with Crippen LogP contribution in [0.3, 0.4) is 0 Å². The normalized spacial score (nSPS) is 12.9. The molecule has 0 N–H and O–H groups in total. The van der Waals surface area contributed by atoms with E-state index in [9.17, 15) is 14.4 Å². The molecule has 0 aromatic heterocycles. The zero-order valence-electron chi connectivity index (χ0n) is 49.5. The molecule has 1 unspecified atom stereocenters. The zero-order chi connectivity index (χ0) is 55.0. The molecule has 6 nitrogen and oxygen atoms in total. The molecule has 0 radical (unpaired) electrons. The number of esters is 3. The van der Waals surface area contributed by atoms with Gasteiger partial charge in [-0.15, -0.1) is 0 Å².